The predicted molar refractivity (Wildman–Crippen MR) is 41.5 cm³/mol. The molecule has 0 amide bonds. The zero-order valence-electron chi connectivity index (χ0n) is 7.02. The molecule has 0 heterocycles. The molecule has 1 N–H and O–H groups in total. The van der Waals surface area contributed by atoms with E-state index in [4.69, 9.17) is 4.89 Å². The van der Waals surface area contributed by atoms with Crippen molar-refractivity contribution in [3.63, 3.8) is 0 Å². The summed E-state index contributed by atoms with van der Waals surface area (Å²) in [6.07, 6.45) is -0.972. The van der Waals surface area contributed by atoms with Crippen LogP contribution in [0.5, 0.6) is 0 Å². The van der Waals surface area contributed by atoms with Crippen LogP contribution in [-0.4, -0.2) is 38.2 Å². The zero-order chi connectivity index (χ0) is 10.1. The summed E-state index contributed by atoms with van der Waals surface area (Å²) < 4.78 is 27.3. The third-order valence-electron chi connectivity index (χ3n) is 0.867. The predicted octanol–water partition coefficient (Wildman–Crippen LogP) is 0.142. The lowest BCUT2D eigenvalue weighted by molar-refractivity contribution is -0.00450. The molecule has 0 rings (SSSR count). The molecule has 78 valence electrons. The van der Waals surface area contributed by atoms with E-state index in [1.54, 1.807) is 0 Å². The van der Waals surface area contributed by atoms with Crippen molar-refractivity contribution in [2.75, 3.05) is 27.1 Å². The molecule has 0 bridgehead atoms. The van der Waals surface area contributed by atoms with Crippen molar-refractivity contribution in [1.29, 1.82) is 0 Å². The van der Waals surface area contributed by atoms with Gasteiger partial charge in [-0.05, 0) is 0 Å². The van der Waals surface area contributed by atoms with Crippen molar-refractivity contribution in [2.45, 2.75) is 0 Å². The third kappa shape index (κ3) is 9.29. The van der Waals surface area contributed by atoms with Gasteiger partial charge in [-0.15, -0.1) is 0 Å². The fourth-order valence-corrected chi connectivity index (χ4v) is 0.538. The molecule has 0 saturated heterocycles. The van der Waals surface area contributed by atoms with E-state index in [0.29, 0.717) is 0 Å². The third-order valence-corrected chi connectivity index (χ3v) is 1.23. The second-order valence-electron chi connectivity index (χ2n) is 1.76. The van der Waals surface area contributed by atoms with Gasteiger partial charge in [-0.3, -0.25) is 9.09 Å². The number of carbonyl (C=O) groups is 1. The van der Waals surface area contributed by atoms with Gasteiger partial charge in [0.1, 0.15) is 6.61 Å². The summed E-state index contributed by atoms with van der Waals surface area (Å²) in [5, 5.41) is 0. The first-order valence-corrected chi connectivity index (χ1v) is 4.57. The van der Waals surface area contributed by atoms with Gasteiger partial charge in [-0.25, -0.2) is 4.79 Å². The highest BCUT2D eigenvalue weighted by Crippen LogP contribution is 2.13. The highest BCUT2D eigenvalue weighted by atomic mass is 31.1. The van der Waals surface area contributed by atoms with Gasteiger partial charge in [0.05, 0.1) is 6.61 Å². The first kappa shape index (κ1) is 12.4. The monoisotopic (exact) mass is 214 g/mol. The summed E-state index contributed by atoms with van der Waals surface area (Å²) in [5.74, 6) is 0. The topological polar surface area (TPSA) is 91.3 Å². The van der Waals surface area contributed by atoms with E-state index in [2.05, 4.69) is 18.7 Å². The molecule has 0 saturated carbocycles. The molecule has 13 heavy (non-hydrogen) atoms. The minimum atomic E-state index is -3.06. The SMILES string of the molecule is COCCOC(=O)OCO[PH](=O)O. The average Bonchev–Trinajstić information content (AvgIpc) is 2.04. The van der Waals surface area contributed by atoms with E-state index >= 15 is 0 Å². The molecule has 8 heteroatoms. The second kappa shape index (κ2) is 8.00. The van der Waals surface area contributed by atoms with Crippen LogP contribution in [0.2, 0.25) is 0 Å². The van der Waals surface area contributed by atoms with Crippen LogP contribution in [0.4, 0.5) is 4.79 Å². The van der Waals surface area contributed by atoms with Crippen molar-refractivity contribution in [3.8, 4) is 0 Å². The van der Waals surface area contributed by atoms with Crippen LogP contribution in [-0.2, 0) is 23.3 Å². The summed E-state index contributed by atoms with van der Waals surface area (Å²) in [7, 11) is -1.61. The number of methoxy groups -OCH3 is 1. The van der Waals surface area contributed by atoms with Crippen molar-refractivity contribution in [2.24, 2.45) is 0 Å². The lowest BCUT2D eigenvalue weighted by atomic mass is 10.8. The molecule has 0 aliphatic carbocycles. The molecular formula is C5H11O7P. The highest BCUT2D eigenvalue weighted by Gasteiger charge is 2.03. The molecule has 0 aromatic heterocycles. The van der Waals surface area contributed by atoms with E-state index in [1.165, 1.54) is 7.11 Å². The lowest BCUT2D eigenvalue weighted by Gasteiger charge is -2.04. The first-order valence-electron chi connectivity index (χ1n) is 3.31. The van der Waals surface area contributed by atoms with E-state index in [9.17, 15) is 9.36 Å². The van der Waals surface area contributed by atoms with Crippen LogP contribution < -0.4 is 0 Å². The molecule has 7 nitrogen and oxygen atoms in total. The van der Waals surface area contributed by atoms with Gasteiger partial charge in [-0.2, -0.15) is 0 Å². The van der Waals surface area contributed by atoms with E-state index in [-0.39, 0.29) is 13.2 Å². The number of hydrogen-bond acceptors (Lipinski definition) is 6. The summed E-state index contributed by atoms with van der Waals surface area (Å²) >= 11 is 0. The number of carbonyl (C=O) groups excluding carboxylic acids is 1. The summed E-state index contributed by atoms with van der Waals surface area (Å²) in [4.78, 5) is 18.7. The Kier molecular flexibility index (Phi) is 7.62. The van der Waals surface area contributed by atoms with Crippen LogP contribution in [0, 0.1) is 0 Å². The minimum absolute atomic E-state index is 0.0592. The quantitative estimate of drug-likeness (QED) is 0.291. The number of rotatable bonds is 6. The standard InChI is InChI=1S/C5H11O7P/c1-9-2-3-10-5(6)11-4-12-13(7)8/h13H,2-4H2,1H3,(H,7,8). The van der Waals surface area contributed by atoms with Gasteiger partial charge in [0.2, 0.25) is 6.79 Å². The van der Waals surface area contributed by atoms with E-state index in [1.807, 2.05) is 0 Å². The number of ether oxygens (including phenoxy) is 3. The maximum absolute atomic E-state index is 10.5. The summed E-state index contributed by atoms with van der Waals surface area (Å²) in [6.45, 7) is -0.281. The van der Waals surface area contributed by atoms with Crippen molar-refractivity contribution in [3.05, 3.63) is 0 Å². The smallest absolute Gasteiger partial charge is 0.432 e. The Labute approximate surface area is 75.5 Å². The Morgan fingerprint density at radius 3 is 2.62 bits per heavy atom. The fourth-order valence-electron chi connectivity index (χ4n) is 0.378. The molecule has 0 aromatic carbocycles. The maximum Gasteiger partial charge on any atom is 0.510 e. The summed E-state index contributed by atoms with van der Waals surface area (Å²) in [5.41, 5.74) is 0. The largest absolute Gasteiger partial charge is 0.510 e. The molecule has 0 fully saturated rings. The Hall–Kier alpha value is -0.620. The first-order chi connectivity index (χ1) is 6.16. The Morgan fingerprint density at radius 1 is 1.38 bits per heavy atom. The maximum atomic E-state index is 10.5. The number of hydrogen-bond donors (Lipinski definition) is 1. The van der Waals surface area contributed by atoms with Gasteiger partial charge < -0.3 is 19.1 Å². The Bertz CT molecular complexity index is 170. The van der Waals surface area contributed by atoms with E-state index < -0.39 is 21.2 Å². The molecule has 1 atom stereocenters. The van der Waals surface area contributed by atoms with Gasteiger partial charge in [0.15, 0.2) is 0 Å². The Morgan fingerprint density at radius 2 is 2.08 bits per heavy atom. The molecular weight excluding hydrogens is 203 g/mol. The second-order valence-corrected chi connectivity index (χ2v) is 2.58. The van der Waals surface area contributed by atoms with Crippen molar-refractivity contribution < 1.29 is 33.0 Å². The van der Waals surface area contributed by atoms with Crippen molar-refractivity contribution >= 4 is 14.4 Å². The van der Waals surface area contributed by atoms with Crippen LogP contribution in [0.3, 0.4) is 0 Å². The van der Waals surface area contributed by atoms with E-state index in [0.717, 1.165) is 0 Å². The zero-order valence-corrected chi connectivity index (χ0v) is 8.02. The van der Waals surface area contributed by atoms with Gasteiger partial charge in [0, 0.05) is 7.11 Å². The van der Waals surface area contributed by atoms with Gasteiger partial charge >= 0.3 is 14.4 Å². The van der Waals surface area contributed by atoms with Crippen LogP contribution in [0.1, 0.15) is 0 Å². The molecule has 0 radical (unpaired) electrons. The van der Waals surface area contributed by atoms with Crippen LogP contribution >= 0.6 is 8.25 Å². The fraction of sp³-hybridized carbons (Fsp3) is 0.800. The highest BCUT2D eigenvalue weighted by molar-refractivity contribution is 7.32. The van der Waals surface area contributed by atoms with Crippen LogP contribution in [0.15, 0.2) is 0 Å². The summed E-state index contributed by atoms with van der Waals surface area (Å²) in [6, 6.07) is 0. The Balaban J connectivity index is 3.25. The molecule has 0 spiro atoms. The van der Waals surface area contributed by atoms with Crippen molar-refractivity contribution in [1.82, 2.24) is 0 Å². The molecule has 1 unspecified atom stereocenters. The van der Waals surface area contributed by atoms with Crippen LogP contribution in [0.25, 0.3) is 0 Å². The molecule has 0 aromatic rings. The van der Waals surface area contributed by atoms with Gasteiger partial charge in [0.25, 0.3) is 0 Å². The molecule has 0 aliphatic heterocycles. The molecule has 0 aliphatic rings. The average molecular weight is 214 g/mol. The minimum Gasteiger partial charge on any atom is -0.432 e. The van der Waals surface area contributed by atoms with Gasteiger partial charge in [-0.1, -0.05) is 0 Å². The normalized spacial score (nSPS) is 12.2. The lowest BCUT2D eigenvalue weighted by Crippen LogP contribution is -2.12.